The molecule has 0 spiro atoms. The predicted molar refractivity (Wildman–Crippen MR) is 72.4 cm³/mol. The number of aryl methyl sites for hydroxylation is 1. The van der Waals surface area contributed by atoms with Gasteiger partial charge in [0.15, 0.2) is 5.15 Å². The quantitative estimate of drug-likeness (QED) is 0.835. The van der Waals surface area contributed by atoms with Gasteiger partial charge in [-0.15, -0.1) is 10.2 Å². The summed E-state index contributed by atoms with van der Waals surface area (Å²) in [7, 11) is 0. The van der Waals surface area contributed by atoms with Crippen molar-refractivity contribution in [2.24, 2.45) is 0 Å². The second-order valence-electron chi connectivity index (χ2n) is 4.11. The van der Waals surface area contributed by atoms with Crippen LogP contribution in [0.3, 0.4) is 0 Å². The third-order valence-corrected chi connectivity index (χ3v) is 3.34. The molecule has 0 saturated heterocycles. The Labute approximate surface area is 112 Å². The van der Waals surface area contributed by atoms with Crippen LogP contribution in [-0.4, -0.2) is 10.2 Å². The third kappa shape index (κ3) is 2.46. The Morgan fingerprint density at radius 3 is 2.56 bits per heavy atom. The molecule has 3 nitrogen and oxygen atoms in total. The van der Waals surface area contributed by atoms with Crippen molar-refractivity contribution < 1.29 is 4.74 Å². The van der Waals surface area contributed by atoms with E-state index in [1.807, 2.05) is 38.1 Å². The Morgan fingerprint density at radius 1 is 1.11 bits per heavy atom. The van der Waals surface area contributed by atoms with Gasteiger partial charge in [0, 0.05) is 5.56 Å². The summed E-state index contributed by atoms with van der Waals surface area (Å²) in [5, 5.41) is 8.31. The van der Waals surface area contributed by atoms with Crippen molar-refractivity contribution in [2.75, 3.05) is 0 Å². The molecule has 2 rings (SSSR count). The number of aromatic nitrogens is 2. The monoisotopic (exact) mass is 262 g/mol. The van der Waals surface area contributed by atoms with Crippen molar-refractivity contribution in [3.63, 3.8) is 0 Å². The molecular formula is C14H15ClN2O. The van der Waals surface area contributed by atoms with Crippen molar-refractivity contribution in [3.8, 4) is 11.6 Å². The lowest BCUT2D eigenvalue weighted by molar-refractivity contribution is 0.445. The minimum Gasteiger partial charge on any atom is -0.437 e. The molecule has 0 unspecified atom stereocenters. The summed E-state index contributed by atoms with van der Waals surface area (Å²) < 4.78 is 5.83. The molecular weight excluding hydrogens is 248 g/mol. The fourth-order valence-electron chi connectivity index (χ4n) is 1.65. The van der Waals surface area contributed by atoms with Crippen LogP contribution in [0.15, 0.2) is 24.3 Å². The Hall–Kier alpha value is -1.61. The van der Waals surface area contributed by atoms with Crippen LogP contribution in [-0.2, 0) is 6.42 Å². The first-order valence-electron chi connectivity index (χ1n) is 5.88. The van der Waals surface area contributed by atoms with Crippen LogP contribution in [0.25, 0.3) is 0 Å². The lowest BCUT2D eigenvalue weighted by Gasteiger charge is -2.11. The van der Waals surface area contributed by atoms with E-state index >= 15 is 0 Å². The highest BCUT2D eigenvalue weighted by molar-refractivity contribution is 6.30. The van der Waals surface area contributed by atoms with Crippen molar-refractivity contribution in [2.45, 2.75) is 27.2 Å². The first-order chi connectivity index (χ1) is 8.63. The molecule has 0 aliphatic rings. The van der Waals surface area contributed by atoms with Gasteiger partial charge >= 0.3 is 0 Å². The molecule has 1 heterocycles. The van der Waals surface area contributed by atoms with E-state index in [4.69, 9.17) is 16.3 Å². The van der Waals surface area contributed by atoms with Gasteiger partial charge in [-0.1, -0.05) is 36.7 Å². The molecule has 2 aromatic rings. The number of hydrogen-bond acceptors (Lipinski definition) is 3. The molecule has 0 aliphatic carbocycles. The van der Waals surface area contributed by atoms with E-state index in [9.17, 15) is 0 Å². The molecule has 1 aromatic heterocycles. The normalized spacial score (nSPS) is 10.4. The molecule has 0 bridgehead atoms. The zero-order valence-corrected chi connectivity index (χ0v) is 11.5. The van der Waals surface area contributed by atoms with Crippen LogP contribution >= 0.6 is 11.6 Å². The number of halogens is 1. The van der Waals surface area contributed by atoms with Crippen LogP contribution in [0.2, 0.25) is 5.15 Å². The molecule has 4 heteroatoms. The zero-order chi connectivity index (χ0) is 13.1. The Bertz CT molecular complexity index is 570. The molecule has 0 aliphatic heterocycles. The molecule has 1 aromatic carbocycles. The topological polar surface area (TPSA) is 35.0 Å². The summed E-state index contributed by atoms with van der Waals surface area (Å²) in [6.45, 7) is 5.93. The minimum atomic E-state index is 0.420. The number of para-hydroxylation sites is 1. The molecule has 0 N–H and O–H groups in total. The van der Waals surface area contributed by atoms with Gasteiger partial charge in [-0.25, -0.2) is 0 Å². The van der Waals surface area contributed by atoms with Crippen LogP contribution in [0.5, 0.6) is 11.6 Å². The molecule has 0 radical (unpaired) electrons. The molecule has 0 amide bonds. The lowest BCUT2D eigenvalue weighted by Crippen LogP contribution is -1.99. The average molecular weight is 263 g/mol. The second kappa shape index (κ2) is 5.36. The van der Waals surface area contributed by atoms with Gasteiger partial charge < -0.3 is 4.74 Å². The Balaban J connectivity index is 2.37. The second-order valence-corrected chi connectivity index (χ2v) is 4.47. The van der Waals surface area contributed by atoms with Gasteiger partial charge in [-0.3, -0.25) is 0 Å². The van der Waals surface area contributed by atoms with Gasteiger partial charge in [0.1, 0.15) is 5.75 Å². The van der Waals surface area contributed by atoms with Crippen LogP contribution in [0.4, 0.5) is 0 Å². The maximum absolute atomic E-state index is 5.92. The maximum atomic E-state index is 5.92. The summed E-state index contributed by atoms with van der Waals surface area (Å²) in [6, 6.07) is 7.92. The van der Waals surface area contributed by atoms with Crippen LogP contribution in [0.1, 0.15) is 23.6 Å². The van der Waals surface area contributed by atoms with Gasteiger partial charge in [0.25, 0.3) is 0 Å². The van der Waals surface area contributed by atoms with Gasteiger partial charge in [0.2, 0.25) is 5.88 Å². The highest BCUT2D eigenvalue weighted by Crippen LogP contribution is 2.29. The molecule has 18 heavy (non-hydrogen) atoms. The van der Waals surface area contributed by atoms with Crippen LogP contribution in [0, 0.1) is 13.8 Å². The average Bonchev–Trinajstić information content (AvgIpc) is 2.40. The summed E-state index contributed by atoms with van der Waals surface area (Å²) in [5.41, 5.74) is 2.96. The summed E-state index contributed by atoms with van der Waals surface area (Å²) in [5.74, 6) is 1.33. The lowest BCUT2D eigenvalue weighted by atomic mass is 10.1. The first-order valence-corrected chi connectivity index (χ1v) is 6.26. The highest BCUT2D eigenvalue weighted by atomic mass is 35.5. The van der Waals surface area contributed by atoms with E-state index in [-0.39, 0.29) is 0 Å². The third-order valence-electron chi connectivity index (χ3n) is 2.98. The molecule has 94 valence electrons. The summed E-state index contributed by atoms with van der Waals surface area (Å²) in [6.07, 6.45) is 0.912. The standard InChI is InChI=1S/C14H15ClN2O/c1-4-11-7-5-6-8-12(11)18-14-10(3)9(2)13(15)16-17-14/h5-8H,4H2,1-3H3. The zero-order valence-electron chi connectivity index (χ0n) is 10.7. The van der Waals surface area contributed by atoms with Crippen molar-refractivity contribution in [1.82, 2.24) is 10.2 Å². The number of benzene rings is 1. The molecule has 0 atom stereocenters. The fraction of sp³-hybridized carbons (Fsp3) is 0.286. The Kier molecular flexibility index (Phi) is 3.82. The van der Waals surface area contributed by atoms with Crippen LogP contribution < -0.4 is 4.74 Å². The summed E-state index contributed by atoms with van der Waals surface area (Å²) >= 11 is 5.92. The number of rotatable bonds is 3. The number of nitrogens with zero attached hydrogens (tertiary/aromatic N) is 2. The largest absolute Gasteiger partial charge is 0.437 e. The van der Waals surface area contributed by atoms with Gasteiger partial charge in [-0.05, 0) is 37.5 Å². The highest BCUT2D eigenvalue weighted by Gasteiger charge is 2.11. The molecule has 0 saturated carbocycles. The van der Waals surface area contributed by atoms with Crippen molar-refractivity contribution in [1.29, 1.82) is 0 Å². The van der Waals surface area contributed by atoms with Gasteiger partial charge in [0.05, 0.1) is 0 Å². The fourth-order valence-corrected chi connectivity index (χ4v) is 1.83. The Morgan fingerprint density at radius 2 is 1.83 bits per heavy atom. The molecule has 0 fully saturated rings. The first kappa shape index (κ1) is 12.8. The SMILES string of the molecule is CCc1ccccc1Oc1nnc(Cl)c(C)c1C. The van der Waals surface area contributed by atoms with E-state index in [1.54, 1.807) is 0 Å². The van der Waals surface area contributed by atoms with E-state index in [0.29, 0.717) is 11.0 Å². The number of hydrogen-bond donors (Lipinski definition) is 0. The number of ether oxygens (including phenoxy) is 1. The van der Waals surface area contributed by atoms with Gasteiger partial charge in [-0.2, -0.15) is 0 Å². The van der Waals surface area contributed by atoms with E-state index in [0.717, 1.165) is 28.9 Å². The van der Waals surface area contributed by atoms with E-state index < -0.39 is 0 Å². The summed E-state index contributed by atoms with van der Waals surface area (Å²) in [4.78, 5) is 0. The minimum absolute atomic E-state index is 0.420. The van der Waals surface area contributed by atoms with E-state index in [1.165, 1.54) is 0 Å². The predicted octanol–water partition coefficient (Wildman–Crippen LogP) is 4.10. The van der Waals surface area contributed by atoms with Crippen molar-refractivity contribution >= 4 is 11.6 Å². The van der Waals surface area contributed by atoms with Crippen molar-refractivity contribution in [3.05, 3.63) is 46.1 Å². The maximum Gasteiger partial charge on any atom is 0.242 e. The van der Waals surface area contributed by atoms with E-state index in [2.05, 4.69) is 17.1 Å². The smallest absolute Gasteiger partial charge is 0.242 e.